The highest BCUT2D eigenvalue weighted by Gasteiger charge is 2.23. The fraction of sp³-hybridized carbons (Fsp3) is 0.320. The van der Waals surface area contributed by atoms with Crippen LogP contribution in [-0.4, -0.2) is 33.9 Å². The fourth-order valence-corrected chi connectivity index (χ4v) is 5.40. The average molecular weight is 431 g/mol. The molecule has 1 fully saturated rings. The van der Waals surface area contributed by atoms with Crippen molar-refractivity contribution in [3.63, 3.8) is 0 Å². The van der Waals surface area contributed by atoms with E-state index in [2.05, 4.69) is 41.1 Å². The number of nitrogens with one attached hydrogen (secondary N) is 1. The van der Waals surface area contributed by atoms with Gasteiger partial charge >= 0.3 is 0 Å². The van der Waals surface area contributed by atoms with Crippen LogP contribution in [0.2, 0.25) is 0 Å². The van der Waals surface area contributed by atoms with Crippen LogP contribution >= 0.6 is 11.3 Å². The maximum absolute atomic E-state index is 12.7. The third kappa shape index (κ3) is 4.54. The number of para-hydroxylation sites is 1. The second kappa shape index (κ2) is 8.63. The third-order valence-electron chi connectivity index (χ3n) is 6.13. The van der Waals surface area contributed by atoms with Gasteiger partial charge in [0.25, 0.3) is 0 Å². The van der Waals surface area contributed by atoms with Gasteiger partial charge in [-0.3, -0.25) is 4.79 Å². The molecule has 0 aliphatic carbocycles. The number of likely N-dealkylation sites (tertiary alicyclic amines) is 1. The molecular weight excluding hydrogens is 404 g/mol. The number of amides is 1. The highest BCUT2D eigenvalue weighted by atomic mass is 32.1. The average Bonchev–Trinajstić information content (AvgIpc) is 3.20. The first kappa shape index (κ1) is 19.9. The van der Waals surface area contributed by atoms with Gasteiger partial charge in [0, 0.05) is 37.5 Å². The highest BCUT2D eigenvalue weighted by molar-refractivity contribution is 7.18. The van der Waals surface area contributed by atoms with Gasteiger partial charge in [-0.2, -0.15) is 0 Å². The lowest BCUT2D eigenvalue weighted by atomic mass is 9.94. The van der Waals surface area contributed by atoms with Crippen LogP contribution in [0, 0.1) is 5.92 Å². The molecule has 0 bridgehead atoms. The molecule has 0 radical (unpaired) electrons. The summed E-state index contributed by atoms with van der Waals surface area (Å²) in [5.74, 6) is 1.57. The lowest BCUT2D eigenvalue weighted by Gasteiger charge is -2.31. The van der Waals surface area contributed by atoms with E-state index >= 15 is 0 Å². The molecule has 31 heavy (non-hydrogen) atoms. The summed E-state index contributed by atoms with van der Waals surface area (Å²) in [4.78, 5) is 23.9. The van der Waals surface area contributed by atoms with Crippen molar-refractivity contribution >= 4 is 39.4 Å². The van der Waals surface area contributed by atoms with Gasteiger partial charge < -0.3 is 10.2 Å². The molecule has 0 atom stereocenters. The summed E-state index contributed by atoms with van der Waals surface area (Å²) in [6, 6.07) is 10.4. The zero-order chi connectivity index (χ0) is 21.2. The van der Waals surface area contributed by atoms with Crippen molar-refractivity contribution in [3.05, 3.63) is 71.0 Å². The van der Waals surface area contributed by atoms with E-state index in [4.69, 9.17) is 4.98 Å². The minimum atomic E-state index is 0.0858. The Balaban J connectivity index is 1.15. The number of hydrogen-bond acceptors (Lipinski definition) is 5. The lowest BCUT2D eigenvalue weighted by molar-refractivity contribution is -0.127. The third-order valence-corrected chi connectivity index (χ3v) is 7.18. The number of hydrogen-bond donors (Lipinski definition) is 1. The van der Waals surface area contributed by atoms with E-state index in [1.807, 2.05) is 17.0 Å². The van der Waals surface area contributed by atoms with Gasteiger partial charge in [0.2, 0.25) is 5.91 Å². The van der Waals surface area contributed by atoms with Gasteiger partial charge in [-0.15, -0.1) is 11.3 Å². The SMILES string of the molecule is C=C1CCc2cc(/C=C/C(=O)N3CCC(Cc4nc5ccccc5s4)CC3)cnc2N1. The second-order valence-corrected chi connectivity index (χ2v) is 9.50. The summed E-state index contributed by atoms with van der Waals surface area (Å²) in [5.41, 5.74) is 4.24. The Kier molecular flexibility index (Phi) is 5.55. The minimum Gasteiger partial charge on any atom is -0.344 e. The molecular formula is C25H26N4OS. The van der Waals surface area contributed by atoms with E-state index in [9.17, 15) is 4.79 Å². The van der Waals surface area contributed by atoms with Crippen LogP contribution < -0.4 is 5.32 Å². The Labute approximate surface area is 186 Å². The summed E-state index contributed by atoms with van der Waals surface area (Å²) >= 11 is 1.80. The number of rotatable bonds is 4. The molecule has 5 nitrogen and oxygen atoms in total. The number of aryl methyl sites for hydroxylation is 1. The van der Waals surface area contributed by atoms with E-state index in [0.29, 0.717) is 5.92 Å². The predicted molar refractivity (Wildman–Crippen MR) is 127 cm³/mol. The summed E-state index contributed by atoms with van der Waals surface area (Å²) in [5, 5.41) is 4.44. The van der Waals surface area contributed by atoms with E-state index in [1.165, 1.54) is 15.3 Å². The van der Waals surface area contributed by atoms with Gasteiger partial charge in [0.15, 0.2) is 0 Å². The van der Waals surface area contributed by atoms with Crippen LogP contribution in [0.1, 0.15) is 35.4 Å². The largest absolute Gasteiger partial charge is 0.344 e. The number of carbonyl (C=O) groups excluding carboxylic acids is 1. The van der Waals surface area contributed by atoms with Crippen LogP contribution in [0.15, 0.2) is 54.9 Å². The Hall–Kier alpha value is -2.99. The van der Waals surface area contributed by atoms with E-state index in [1.54, 1.807) is 23.6 Å². The quantitative estimate of drug-likeness (QED) is 0.588. The normalized spacial score (nSPS) is 17.2. The molecule has 2 aromatic heterocycles. The van der Waals surface area contributed by atoms with Crippen molar-refractivity contribution < 1.29 is 4.79 Å². The van der Waals surface area contributed by atoms with Crippen LogP contribution in [-0.2, 0) is 17.6 Å². The molecule has 2 aliphatic rings. The topological polar surface area (TPSA) is 58.1 Å². The van der Waals surface area contributed by atoms with Crippen molar-refractivity contribution in [1.82, 2.24) is 14.9 Å². The zero-order valence-electron chi connectivity index (χ0n) is 17.5. The van der Waals surface area contributed by atoms with Gasteiger partial charge in [-0.1, -0.05) is 18.7 Å². The zero-order valence-corrected chi connectivity index (χ0v) is 18.3. The number of aromatic nitrogens is 2. The molecule has 3 aromatic rings. The molecule has 1 amide bonds. The Morgan fingerprint density at radius 1 is 1.26 bits per heavy atom. The summed E-state index contributed by atoms with van der Waals surface area (Å²) < 4.78 is 1.26. The van der Waals surface area contributed by atoms with Crippen LogP contribution in [0.4, 0.5) is 5.82 Å². The fourth-order valence-electron chi connectivity index (χ4n) is 4.32. The molecule has 0 saturated carbocycles. The molecule has 158 valence electrons. The first-order chi connectivity index (χ1) is 15.1. The predicted octanol–water partition coefficient (Wildman–Crippen LogP) is 5.06. The molecule has 5 rings (SSSR count). The highest BCUT2D eigenvalue weighted by Crippen LogP contribution is 2.28. The number of nitrogens with zero attached hydrogens (tertiary/aromatic N) is 3. The van der Waals surface area contributed by atoms with E-state index in [0.717, 1.165) is 67.8 Å². The number of pyridine rings is 1. The van der Waals surface area contributed by atoms with Crippen molar-refractivity contribution in [2.75, 3.05) is 18.4 Å². The number of anilines is 1. The van der Waals surface area contributed by atoms with Crippen molar-refractivity contribution in [2.24, 2.45) is 5.92 Å². The molecule has 0 unspecified atom stereocenters. The van der Waals surface area contributed by atoms with E-state index < -0.39 is 0 Å². The number of allylic oxidation sites excluding steroid dienone is 1. The van der Waals surface area contributed by atoms with Crippen LogP contribution in [0.25, 0.3) is 16.3 Å². The first-order valence-corrected chi connectivity index (χ1v) is 11.7. The molecule has 1 aromatic carbocycles. The van der Waals surface area contributed by atoms with Crippen molar-refractivity contribution in [3.8, 4) is 0 Å². The maximum Gasteiger partial charge on any atom is 0.246 e. The molecule has 1 saturated heterocycles. The molecule has 1 N–H and O–H groups in total. The second-order valence-electron chi connectivity index (χ2n) is 8.39. The molecule has 0 spiro atoms. The van der Waals surface area contributed by atoms with Gasteiger partial charge in [-0.05, 0) is 67.0 Å². The number of thiazole rings is 1. The summed E-state index contributed by atoms with van der Waals surface area (Å²) in [6.45, 7) is 5.59. The smallest absolute Gasteiger partial charge is 0.246 e. The standard InChI is InChI=1S/C25H26N4OS/c1-17-6-8-20-14-19(16-26-25(20)27-17)7-9-24(30)29-12-10-18(11-13-29)15-23-28-21-4-2-3-5-22(21)31-23/h2-5,7,9,14,16,18H,1,6,8,10-13,15H2,(H,26,27)/b9-7+. The Morgan fingerprint density at radius 3 is 2.94 bits per heavy atom. The monoisotopic (exact) mass is 430 g/mol. The number of piperidine rings is 1. The number of fused-ring (bicyclic) bond motifs is 2. The van der Waals surface area contributed by atoms with E-state index in [-0.39, 0.29) is 5.91 Å². The molecule has 2 aliphatic heterocycles. The van der Waals surface area contributed by atoms with Crippen LogP contribution in [0.5, 0.6) is 0 Å². The molecule has 4 heterocycles. The van der Waals surface area contributed by atoms with Crippen LogP contribution in [0.3, 0.4) is 0 Å². The van der Waals surface area contributed by atoms with Gasteiger partial charge in [0.05, 0.1) is 15.2 Å². The Morgan fingerprint density at radius 2 is 2.10 bits per heavy atom. The lowest BCUT2D eigenvalue weighted by Crippen LogP contribution is -2.37. The van der Waals surface area contributed by atoms with Crippen molar-refractivity contribution in [2.45, 2.75) is 32.1 Å². The van der Waals surface area contributed by atoms with Crippen molar-refractivity contribution in [1.29, 1.82) is 0 Å². The maximum atomic E-state index is 12.7. The minimum absolute atomic E-state index is 0.0858. The first-order valence-electron chi connectivity index (χ1n) is 10.9. The Bertz CT molecular complexity index is 1120. The summed E-state index contributed by atoms with van der Waals surface area (Å²) in [6.07, 6.45) is 10.3. The van der Waals surface area contributed by atoms with Gasteiger partial charge in [-0.25, -0.2) is 9.97 Å². The summed E-state index contributed by atoms with van der Waals surface area (Å²) in [7, 11) is 0. The number of carbonyl (C=O) groups is 1. The number of benzene rings is 1. The van der Waals surface area contributed by atoms with Gasteiger partial charge in [0.1, 0.15) is 5.82 Å². The molecule has 6 heteroatoms.